The van der Waals surface area contributed by atoms with Gasteiger partial charge >= 0.3 is 0 Å². The highest BCUT2D eigenvalue weighted by Crippen LogP contribution is 2.35. The molecule has 1 rings (SSSR count). The molecule has 0 atom stereocenters. The predicted molar refractivity (Wildman–Crippen MR) is 122 cm³/mol. The number of nitrogens with zero attached hydrogens (tertiary/aromatic N) is 1. The predicted octanol–water partition coefficient (Wildman–Crippen LogP) is 2.87. The highest BCUT2D eigenvalue weighted by molar-refractivity contribution is 14.0. The lowest BCUT2D eigenvalue weighted by Crippen LogP contribution is -2.40. The third-order valence-electron chi connectivity index (χ3n) is 2.96. The van der Waals surface area contributed by atoms with Crippen LogP contribution in [0.15, 0.2) is 17.1 Å². The minimum absolute atomic E-state index is 0. The molecular formula is C15H23Cl3IN3O4S. The van der Waals surface area contributed by atoms with Crippen LogP contribution >= 0.6 is 58.8 Å². The maximum atomic E-state index is 11.0. The van der Waals surface area contributed by atoms with Crippen molar-refractivity contribution in [1.82, 2.24) is 10.6 Å². The Kier molecular flexibility index (Phi) is 13.8. The van der Waals surface area contributed by atoms with Crippen molar-refractivity contribution in [3.63, 3.8) is 0 Å². The van der Waals surface area contributed by atoms with Gasteiger partial charge < -0.3 is 20.1 Å². The number of hydrogen-bond acceptors (Lipinski definition) is 5. The van der Waals surface area contributed by atoms with Crippen molar-refractivity contribution in [3.05, 3.63) is 27.2 Å². The van der Waals surface area contributed by atoms with Crippen molar-refractivity contribution in [2.75, 3.05) is 52.0 Å². The maximum Gasteiger partial charge on any atom is 0.191 e. The zero-order valence-corrected chi connectivity index (χ0v) is 20.3. The Balaban J connectivity index is 0.00000676. The first-order valence-corrected chi connectivity index (χ1v) is 10.9. The number of sulfone groups is 1. The summed E-state index contributed by atoms with van der Waals surface area (Å²) in [7, 11) is -1.37. The Labute approximate surface area is 192 Å². The fourth-order valence-electron chi connectivity index (χ4n) is 1.76. The molecule has 27 heavy (non-hydrogen) atoms. The zero-order chi connectivity index (χ0) is 19.6. The lowest BCUT2D eigenvalue weighted by Gasteiger charge is -2.14. The van der Waals surface area contributed by atoms with Gasteiger partial charge in [-0.3, -0.25) is 4.99 Å². The first-order valence-electron chi connectivity index (χ1n) is 7.70. The molecule has 156 valence electrons. The van der Waals surface area contributed by atoms with Gasteiger partial charge in [0.15, 0.2) is 11.7 Å². The Morgan fingerprint density at radius 1 is 1.07 bits per heavy atom. The molecule has 12 heteroatoms. The first-order chi connectivity index (χ1) is 12.2. The summed E-state index contributed by atoms with van der Waals surface area (Å²) < 4.78 is 32.7. The molecule has 7 nitrogen and oxygen atoms in total. The summed E-state index contributed by atoms with van der Waals surface area (Å²) in [6.07, 6.45) is 1.17. The molecule has 1 aromatic rings. The molecule has 0 aromatic heterocycles. The van der Waals surface area contributed by atoms with Gasteiger partial charge in [-0.25, -0.2) is 8.42 Å². The van der Waals surface area contributed by atoms with Crippen molar-refractivity contribution in [3.8, 4) is 5.75 Å². The van der Waals surface area contributed by atoms with E-state index in [1.165, 1.54) is 6.26 Å². The van der Waals surface area contributed by atoms with E-state index in [1.54, 1.807) is 19.2 Å². The highest BCUT2D eigenvalue weighted by Gasteiger charge is 2.09. The van der Waals surface area contributed by atoms with Crippen LogP contribution in [-0.2, 0) is 14.6 Å². The number of guanidine groups is 1. The van der Waals surface area contributed by atoms with Crippen molar-refractivity contribution >= 4 is 74.6 Å². The van der Waals surface area contributed by atoms with E-state index in [-0.39, 0.29) is 36.3 Å². The van der Waals surface area contributed by atoms with Crippen molar-refractivity contribution in [2.24, 2.45) is 4.99 Å². The Hall–Kier alpha value is -0.200. The van der Waals surface area contributed by atoms with Crippen LogP contribution < -0.4 is 15.4 Å². The number of aliphatic imine (C=N–C) groups is 1. The molecule has 0 amide bonds. The van der Waals surface area contributed by atoms with E-state index in [1.807, 2.05) is 0 Å². The first kappa shape index (κ1) is 26.8. The van der Waals surface area contributed by atoms with E-state index in [0.29, 0.717) is 53.1 Å². The highest BCUT2D eigenvalue weighted by atomic mass is 127. The molecule has 2 N–H and O–H groups in total. The van der Waals surface area contributed by atoms with E-state index in [2.05, 4.69) is 15.6 Å². The summed E-state index contributed by atoms with van der Waals surface area (Å²) in [6.45, 7) is 1.79. The van der Waals surface area contributed by atoms with Gasteiger partial charge in [-0.05, 0) is 12.1 Å². The second kappa shape index (κ2) is 13.9. The fourth-order valence-corrected chi connectivity index (χ4v) is 3.11. The molecule has 0 heterocycles. The van der Waals surface area contributed by atoms with Gasteiger partial charge in [0.25, 0.3) is 0 Å². The van der Waals surface area contributed by atoms with Crippen molar-refractivity contribution < 1.29 is 17.9 Å². The summed E-state index contributed by atoms with van der Waals surface area (Å²) in [6, 6.07) is 3.12. The lowest BCUT2D eigenvalue weighted by molar-refractivity contribution is 0.154. The smallest absolute Gasteiger partial charge is 0.191 e. The van der Waals surface area contributed by atoms with Crippen molar-refractivity contribution in [2.45, 2.75) is 0 Å². The van der Waals surface area contributed by atoms with E-state index >= 15 is 0 Å². The SMILES string of the molecule is CN=C(NCCOCCS(C)(=O)=O)NCCOc1c(Cl)cc(Cl)cc1Cl.I. The van der Waals surface area contributed by atoms with Gasteiger partial charge in [0.05, 0.1) is 35.6 Å². The van der Waals surface area contributed by atoms with Crippen LogP contribution in [0.25, 0.3) is 0 Å². The van der Waals surface area contributed by atoms with Crippen LogP contribution in [0.1, 0.15) is 0 Å². The van der Waals surface area contributed by atoms with Gasteiger partial charge in [-0.1, -0.05) is 34.8 Å². The summed E-state index contributed by atoms with van der Waals surface area (Å²) in [4.78, 5) is 4.05. The van der Waals surface area contributed by atoms with Gasteiger partial charge in [-0.15, -0.1) is 24.0 Å². The number of halogens is 4. The van der Waals surface area contributed by atoms with Crippen LogP contribution in [-0.4, -0.2) is 66.3 Å². The molecule has 0 fully saturated rings. The Morgan fingerprint density at radius 2 is 1.63 bits per heavy atom. The van der Waals surface area contributed by atoms with E-state index < -0.39 is 9.84 Å². The molecule has 0 aliphatic carbocycles. The van der Waals surface area contributed by atoms with Gasteiger partial charge in [0, 0.05) is 24.9 Å². The minimum Gasteiger partial charge on any atom is -0.489 e. The van der Waals surface area contributed by atoms with Crippen LogP contribution in [0.2, 0.25) is 15.1 Å². The van der Waals surface area contributed by atoms with E-state index in [9.17, 15) is 8.42 Å². The molecule has 0 spiro atoms. The third-order valence-corrected chi connectivity index (χ3v) is 4.65. The average molecular weight is 575 g/mol. The van der Waals surface area contributed by atoms with Gasteiger partial charge in [0.2, 0.25) is 0 Å². The number of ether oxygens (including phenoxy) is 2. The number of benzene rings is 1. The van der Waals surface area contributed by atoms with E-state index in [0.717, 1.165) is 0 Å². The quantitative estimate of drug-likeness (QED) is 0.193. The van der Waals surface area contributed by atoms with Crippen LogP contribution in [0.4, 0.5) is 0 Å². The lowest BCUT2D eigenvalue weighted by atomic mass is 10.3. The molecule has 0 radical (unpaired) electrons. The van der Waals surface area contributed by atoms with Gasteiger partial charge in [-0.2, -0.15) is 0 Å². The average Bonchev–Trinajstić information content (AvgIpc) is 2.53. The second-order valence-electron chi connectivity index (χ2n) is 5.22. The number of hydrogen-bond donors (Lipinski definition) is 2. The second-order valence-corrected chi connectivity index (χ2v) is 8.73. The Bertz CT molecular complexity index is 697. The summed E-state index contributed by atoms with van der Waals surface area (Å²) in [5, 5.41) is 7.22. The molecule has 0 saturated carbocycles. The zero-order valence-electron chi connectivity index (χ0n) is 14.9. The number of rotatable bonds is 10. The monoisotopic (exact) mass is 573 g/mol. The van der Waals surface area contributed by atoms with Crippen LogP contribution in [0.3, 0.4) is 0 Å². The summed E-state index contributed by atoms with van der Waals surface area (Å²) in [5.41, 5.74) is 0. The fraction of sp³-hybridized carbons (Fsp3) is 0.533. The molecule has 0 aliphatic heterocycles. The van der Waals surface area contributed by atoms with Crippen molar-refractivity contribution in [1.29, 1.82) is 0 Å². The summed E-state index contributed by atoms with van der Waals surface area (Å²) >= 11 is 17.9. The molecule has 0 aliphatic rings. The largest absolute Gasteiger partial charge is 0.489 e. The molecule has 0 unspecified atom stereocenters. The van der Waals surface area contributed by atoms with Crippen LogP contribution in [0, 0.1) is 0 Å². The molecule has 0 bridgehead atoms. The maximum absolute atomic E-state index is 11.0. The minimum atomic E-state index is -3.00. The van der Waals surface area contributed by atoms with E-state index in [4.69, 9.17) is 44.3 Å². The third kappa shape index (κ3) is 12.1. The summed E-state index contributed by atoms with van der Waals surface area (Å²) in [5.74, 6) is 0.947. The van der Waals surface area contributed by atoms with Crippen LogP contribution in [0.5, 0.6) is 5.75 Å². The molecule has 1 aromatic carbocycles. The normalized spacial score (nSPS) is 11.7. The molecular weight excluding hydrogens is 552 g/mol. The molecule has 0 saturated heterocycles. The van der Waals surface area contributed by atoms with Gasteiger partial charge in [0.1, 0.15) is 16.4 Å². The topological polar surface area (TPSA) is 89.0 Å². The Morgan fingerprint density at radius 3 is 2.15 bits per heavy atom. The number of nitrogens with one attached hydrogen (secondary N) is 2. The standard InChI is InChI=1S/C15H22Cl3N3O4S.HI/c1-19-15(20-3-5-24-7-8-26(2,22)23)21-4-6-25-14-12(17)9-11(16)10-13(14)18;/h9-10H,3-8H2,1-2H3,(H2,19,20,21);1H.